The highest BCUT2D eigenvalue weighted by Gasteiger charge is 2.22. The number of carbonyl (C=O) groups is 1. The molecule has 0 radical (unpaired) electrons. The number of nitrogens with one attached hydrogen (secondary N) is 1. The Morgan fingerprint density at radius 1 is 1.33 bits per heavy atom. The zero-order valence-electron chi connectivity index (χ0n) is 9.28. The van der Waals surface area contributed by atoms with E-state index in [0.29, 0.717) is 5.56 Å². The molecule has 1 atom stereocenters. The monoisotopic (exact) mass is 311 g/mol. The highest BCUT2D eigenvalue weighted by molar-refractivity contribution is 6.67. The number of hydrogen-bond acceptors (Lipinski definition) is 3. The largest absolute Gasteiger partial charge is 0.445 e. The lowest BCUT2D eigenvalue weighted by Crippen LogP contribution is -2.31. The molecule has 1 aromatic rings. The maximum absolute atomic E-state index is 11.2. The predicted molar refractivity (Wildman–Crippen MR) is 71.0 cm³/mol. The number of aliphatic hydroxyl groups is 1. The van der Waals surface area contributed by atoms with Crippen LogP contribution in [0.15, 0.2) is 30.3 Å². The van der Waals surface area contributed by atoms with Crippen molar-refractivity contribution in [2.24, 2.45) is 0 Å². The van der Waals surface area contributed by atoms with E-state index in [1.54, 1.807) is 24.3 Å². The fraction of sp³-hybridized carbons (Fsp3) is 0.364. The lowest BCUT2D eigenvalue weighted by Gasteiger charge is -2.14. The number of rotatable bonds is 4. The summed E-state index contributed by atoms with van der Waals surface area (Å²) in [5.41, 5.74) is 0.694. The summed E-state index contributed by atoms with van der Waals surface area (Å²) >= 11 is 16.2. The van der Waals surface area contributed by atoms with Crippen molar-refractivity contribution in [3.8, 4) is 0 Å². The van der Waals surface area contributed by atoms with Crippen LogP contribution >= 0.6 is 34.8 Å². The normalized spacial score (nSPS) is 12.9. The molecule has 0 spiro atoms. The molecule has 7 heteroatoms. The SMILES string of the molecule is O=C(NCC(O)c1ccccc1)OCC(Cl)(Cl)Cl. The minimum absolute atomic E-state index is 0.0166. The number of benzene rings is 1. The molecule has 2 N–H and O–H groups in total. The van der Waals surface area contributed by atoms with E-state index in [2.05, 4.69) is 10.1 Å². The topological polar surface area (TPSA) is 58.6 Å². The zero-order chi connectivity index (χ0) is 13.6. The van der Waals surface area contributed by atoms with Crippen LogP contribution in [0.2, 0.25) is 0 Å². The fourth-order valence-electron chi connectivity index (χ4n) is 1.17. The molecule has 1 aromatic carbocycles. The van der Waals surface area contributed by atoms with Crippen molar-refractivity contribution in [2.45, 2.75) is 9.90 Å². The Bertz CT molecular complexity index is 381. The Kier molecular flexibility index (Phi) is 6.02. The summed E-state index contributed by atoms with van der Waals surface area (Å²) in [6.45, 7) is -0.340. The van der Waals surface area contributed by atoms with E-state index in [1.165, 1.54) is 0 Å². The molecule has 1 amide bonds. The molecular weight excluding hydrogens is 300 g/mol. The summed E-state index contributed by atoms with van der Waals surface area (Å²) < 4.78 is 2.99. The van der Waals surface area contributed by atoms with E-state index in [9.17, 15) is 9.90 Å². The number of aliphatic hydroxyl groups excluding tert-OH is 1. The average molecular weight is 313 g/mol. The number of alkyl halides is 3. The van der Waals surface area contributed by atoms with Crippen LogP contribution in [0.3, 0.4) is 0 Å². The standard InChI is InChI=1S/C11H12Cl3NO3/c12-11(13,14)7-18-10(17)15-6-9(16)8-4-2-1-3-5-8/h1-5,9,16H,6-7H2,(H,15,17). The van der Waals surface area contributed by atoms with Crippen LogP contribution in [-0.4, -0.2) is 28.1 Å². The van der Waals surface area contributed by atoms with E-state index in [-0.39, 0.29) is 13.2 Å². The number of amides is 1. The Morgan fingerprint density at radius 3 is 2.50 bits per heavy atom. The Morgan fingerprint density at radius 2 is 1.94 bits per heavy atom. The van der Waals surface area contributed by atoms with Crippen LogP contribution in [0.1, 0.15) is 11.7 Å². The summed E-state index contributed by atoms with van der Waals surface area (Å²) in [6.07, 6.45) is -1.57. The van der Waals surface area contributed by atoms with Gasteiger partial charge in [0.15, 0.2) is 0 Å². The summed E-state index contributed by atoms with van der Waals surface area (Å²) in [7, 11) is 0. The number of carbonyl (C=O) groups excluding carboxylic acids is 1. The lowest BCUT2D eigenvalue weighted by molar-refractivity contribution is 0.132. The lowest BCUT2D eigenvalue weighted by atomic mass is 10.1. The molecule has 0 bridgehead atoms. The predicted octanol–water partition coefficient (Wildman–Crippen LogP) is 2.82. The van der Waals surface area contributed by atoms with Gasteiger partial charge in [0.1, 0.15) is 6.61 Å². The Balaban J connectivity index is 2.31. The van der Waals surface area contributed by atoms with Crippen LogP contribution in [0.4, 0.5) is 4.79 Å². The summed E-state index contributed by atoms with van der Waals surface area (Å²) in [6, 6.07) is 8.91. The molecule has 1 rings (SSSR count). The Hall–Kier alpha value is -0.680. The van der Waals surface area contributed by atoms with Crippen molar-refractivity contribution in [2.75, 3.05) is 13.2 Å². The molecule has 0 saturated heterocycles. The second-order valence-corrected chi connectivity index (χ2v) is 6.01. The van der Waals surface area contributed by atoms with Crippen LogP contribution in [0, 0.1) is 0 Å². The second-order valence-electron chi connectivity index (χ2n) is 3.50. The molecule has 0 saturated carbocycles. The highest BCUT2D eigenvalue weighted by atomic mass is 35.6. The van der Waals surface area contributed by atoms with Crippen LogP contribution < -0.4 is 5.32 Å². The van der Waals surface area contributed by atoms with Crippen molar-refractivity contribution >= 4 is 40.9 Å². The summed E-state index contributed by atoms with van der Waals surface area (Å²) in [5, 5.41) is 12.1. The molecule has 0 fully saturated rings. The summed E-state index contributed by atoms with van der Waals surface area (Å²) in [4.78, 5) is 11.2. The minimum Gasteiger partial charge on any atom is -0.445 e. The van der Waals surface area contributed by atoms with E-state index < -0.39 is 16.0 Å². The van der Waals surface area contributed by atoms with Gasteiger partial charge in [0.2, 0.25) is 3.79 Å². The van der Waals surface area contributed by atoms with Gasteiger partial charge in [0.25, 0.3) is 0 Å². The number of alkyl carbamates (subject to hydrolysis) is 1. The van der Waals surface area contributed by atoms with Crippen molar-refractivity contribution in [3.63, 3.8) is 0 Å². The first-order valence-corrected chi connectivity index (χ1v) is 6.22. The average Bonchev–Trinajstić information content (AvgIpc) is 2.33. The number of hydrogen-bond donors (Lipinski definition) is 2. The van der Waals surface area contributed by atoms with E-state index in [1.807, 2.05) is 6.07 Å². The number of ether oxygens (including phenoxy) is 1. The molecule has 0 aromatic heterocycles. The molecule has 0 heterocycles. The third kappa shape index (κ3) is 6.31. The van der Waals surface area contributed by atoms with Crippen LogP contribution in [-0.2, 0) is 4.74 Å². The maximum Gasteiger partial charge on any atom is 0.407 e. The van der Waals surface area contributed by atoms with Gasteiger partial charge >= 0.3 is 6.09 Å². The first-order valence-electron chi connectivity index (χ1n) is 5.09. The molecule has 100 valence electrons. The second kappa shape index (κ2) is 7.04. The van der Waals surface area contributed by atoms with E-state index >= 15 is 0 Å². The molecule has 0 aliphatic heterocycles. The molecule has 4 nitrogen and oxygen atoms in total. The van der Waals surface area contributed by atoms with Gasteiger partial charge in [0.05, 0.1) is 12.6 Å². The molecule has 0 aliphatic carbocycles. The molecular formula is C11H12Cl3NO3. The fourth-order valence-corrected chi connectivity index (χ4v) is 1.34. The van der Waals surface area contributed by atoms with Gasteiger partial charge in [-0.3, -0.25) is 0 Å². The first kappa shape index (κ1) is 15.4. The third-order valence-corrected chi connectivity index (χ3v) is 2.32. The number of halogens is 3. The van der Waals surface area contributed by atoms with Crippen molar-refractivity contribution in [1.82, 2.24) is 5.32 Å². The summed E-state index contributed by atoms with van der Waals surface area (Å²) in [5.74, 6) is 0. The van der Waals surface area contributed by atoms with Gasteiger partial charge in [0, 0.05) is 0 Å². The van der Waals surface area contributed by atoms with Gasteiger partial charge in [-0.2, -0.15) is 0 Å². The van der Waals surface area contributed by atoms with Crippen molar-refractivity contribution in [1.29, 1.82) is 0 Å². The van der Waals surface area contributed by atoms with Gasteiger partial charge in [-0.05, 0) is 5.56 Å². The van der Waals surface area contributed by atoms with Gasteiger partial charge < -0.3 is 15.2 Å². The zero-order valence-corrected chi connectivity index (χ0v) is 11.5. The molecule has 1 unspecified atom stereocenters. The van der Waals surface area contributed by atoms with E-state index in [4.69, 9.17) is 34.8 Å². The molecule has 18 heavy (non-hydrogen) atoms. The molecule has 0 aliphatic rings. The smallest absolute Gasteiger partial charge is 0.407 e. The van der Waals surface area contributed by atoms with Crippen LogP contribution in [0.25, 0.3) is 0 Å². The third-order valence-electron chi connectivity index (χ3n) is 1.99. The Labute approximate surface area is 120 Å². The van der Waals surface area contributed by atoms with Crippen molar-refractivity contribution in [3.05, 3.63) is 35.9 Å². The highest BCUT2D eigenvalue weighted by Crippen LogP contribution is 2.25. The van der Waals surface area contributed by atoms with E-state index in [0.717, 1.165) is 0 Å². The first-order chi connectivity index (χ1) is 8.38. The van der Waals surface area contributed by atoms with Gasteiger partial charge in [-0.25, -0.2) is 4.79 Å². The minimum atomic E-state index is -1.64. The quantitative estimate of drug-likeness (QED) is 0.841. The van der Waals surface area contributed by atoms with Crippen molar-refractivity contribution < 1.29 is 14.6 Å². The van der Waals surface area contributed by atoms with Gasteiger partial charge in [-0.15, -0.1) is 0 Å². The maximum atomic E-state index is 11.2. The van der Waals surface area contributed by atoms with Crippen LogP contribution in [0.5, 0.6) is 0 Å². The van der Waals surface area contributed by atoms with Gasteiger partial charge in [-0.1, -0.05) is 65.1 Å².